The van der Waals surface area contributed by atoms with Gasteiger partial charge in [0.05, 0.1) is 11.0 Å². The number of nitrogens with zero attached hydrogens (tertiary/aromatic N) is 2. The molecule has 0 saturated carbocycles. The van der Waals surface area contributed by atoms with Gasteiger partial charge >= 0.3 is 0 Å². The molecule has 0 saturated heterocycles. The maximum atomic E-state index is 9.59. The molecule has 0 fully saturated rings. The summed E-state index contributed by atoms with van der Waals surface area (Å²) < 4.78 is 1.01. The molecular formula is C14H13ClN2OS. The molecule has 19 heavy (non-hydrogen) atoms. The van der Waals surface area contributed by atoms with Crippen molar-refractivity contribution in [3.05, 3.63) is 46.3 Å². The normalized spacial score (nSPS) is 16.3. The maximum absolute atomic E-state index is 9.59. The van der Waals surface area contributed by atoms with Crippen LogP contribution in [0, 0.1) is 4.51 Å². The van der Waals surface area contributed by atoms with Crippen LogP contribution in [-0.2, 0) is 0 Å². The van der Waals surface area contributed by atoms with Gasteiger partial charge < -0.3 is 10.0 Å². The Morgan fingerprint density at radius 3 is 2.68 bits per heavy atom. The Labute approximate surface area is 118 Å². The molecule has 1 N–H and O–H groups in total. The van der Waals surface area contributed by atoms with E-state index >= 15 is 0 Å². The number of aromatic hydroxyl groups is 1. The zero-order chi connectivity index (χ0) is 13.6. The van der Waals surface area contributed by atoms with Gasteiger partial charge in [-0.3, -0.25) is 0 Å². The molecule has 1 unspecified atom stereocenters. The van der Waals surface area contributed by atoms with Crippen LogP contribution in [0.1, 0.15) is 0 Å². The lowest BCUT2D eigenvalue weighted by atomic mass is 10.2. The quantitative estimate of drug-likeness (QED) is 0.817. The second kappa shape index (κ2) is 4.54. The number of halogens is 1. The molecule has 3 rings (SSSR count). The van der Waals surface area contributed by atoms with Gasteiger partial charge in [0.25, 0.3) is 0 Å². The first-order valence-electron chi connectivity index (χ1n) is 5.83. The van der Waals surface area contributed by atoms with Crippen LogP contribution in [0.2, 0.25) is 0 Å². The summed E-state index contributed by atoms with van der Waals surface area (Å²) in [6.45, 7) is 0. The van der Waals surface area contributed by atoms with E-state index in [4.69, 9.17) is 10.7 Å². The van der Waals surface area contributed by atoms with Crippen molar-refractivity contribution in [1.29, 1.82) is 0 Å². The van der Waals surface area contributed by atoms with Crippen molar-refractivity contribution >= 4 is 31.8 Å². The molecule has 0 bridgehead atoms. The molecule has 1 aliphatic heterocycles. The van der Waals surface area contributed by atoms with E-state index < -0.39 is 9.70 Å². The molecule has 0 radical (unpaired) electrons. The second-order valence-corrected chi connectivity index (χ2v) is 6.88. The van der Waals surface area contributed by atoms with E-state index in [1.807, 2.05) is 31.1 Å². The summed E-state index contributed by atoms with van der Waals surface area (Å²) in [5.74, 6) is 0.222. The predicted molar refractivity (Wildman–Crippen MR) is 80.2 cm³/mol. The Kier molecular flexibility index (Phi) is 2.99. The van der Waals surface area contributed by atoms with Gasteiger partial charge in [-0.15, -0.1) is 0 Å². The number of benzene rings is 2. The van der Waals surface area contributed by atoms with Crippen LogP contribution in [0.15, 0.2) is 46.3 Å². The van der Waals surface area contributed by atoms with Crippen molar-refractivity contribution < 1.29 is 5.11 Å². The van der Waals surface area contributed by atoms with E-state index in [2.05, 4.69) is 11.1 Å². The SMILES string of the molecule is CN(C)c1ccc2c(c1)=S(Cl)c1cc(O)ccc1N=2. The predicted octanol–water partition coefficient (Wildman–Crippen LogP) is 3.46. The number of fused-ring (bicyclic) bond motifs is 2. The minimum Gasteiger partial charge on any atom is -0.508 e. The number of hydrogen-bond donors (Lipinski definition) is 1. The minimum absolute atomic E-state index is 0.222. The number of hydrogen-bond acceptors (Lipinski definition) is 3. The number of phenols is 1. The molecule has 5 heteroatoms. The monoisotopic (exact) mass is 292 g/mol. The van der Waals surface area contributed by atoms with E-state index in [9.17, 15) is 5.11 Å². The Morgan fingerprint density at radius 1 is 1.16 bits per heavy atom. The van der Waals surface area contributed by atoms with Gasteiger partial charge in [0.1, 0.15) is 5.75 Å². The highest BCUT2D eigenvalue weighted by Crippen LogP contribution is 2.43. The third-order valence-electron chi connectivity index (χ3n) is 3.03. The van der Waals surface area contributed by atoms with Gasteiger partial charge in [0.2, 0.25) is 0 Å². The summed E-state index contributed by atoms with van der Waals surface area (Å²) in [7, 11) is 9.97. The van der Waals surface area contributed by atoms with Gasteiger partial charge in [-0.1, -0.05) is 9.70 Å². The highest BCUT2D eigenvalue weighted by atomic mass is 35.7. The van der Waals surface area contributed by atoms with Crippen LogP contribution in [0.3, 0.4) is 0 Å². The third-order valence-corrected chi connectivity index (χ3v) is 5.45. The van der Waals surface area contributed by atoms with E-state index in [0.717, 1.165) is 26.1 Å². The molecule has 0 aliphatic carbocycles. The van der Waals surface area contributed by atoms with Gasteiger partial charge in [-0.2, -0.15) is 0 Å². The van der Waals surface area contributed by atoms with Crippen molar-refractivity contribution in [3.63, 3.8) is 0 Å². The molecular weight excluding hydrogens is 280 g/mol. The van der Waals surface area contributed by atoms with Crippen LogP contribution in [-0.4, -0.2) is 19.2 Å². The lowest BCUT2D eigenvalue weighted by molar-refractivity contribution is 0.474. The van der Waals surface area contributed by atoms with Crippen molar-refractivity contribution in [2.45, 2.75) is 4.90 Å². The maximum Gasteiger partial charge on any atom is 0.116 e. The van der Waals surface area contributed by atoms with Crippen molar-refractivity contribution in [2.24, 2.45) is 4.99 Å². The lowest BCUT2D eigenvalue weighted by Crippen LogP contribution is -2.12. The highest BCUT2D eigenvalue weighted by molar-refractivity contribution is 8.29. The molecule has 3 nitrogen and oxygen atoms in total. The highest BCUT2D eigenvalue weighted by Gasteiger charge is 2.12. The molecule has 2 aromatic rings. The van der Waals surface area contributed by atoms with E-state index in [1.165, 1.54) is 0 Å². The second-order valence-electron chi connectivity index (χ2n) is 4.57. The Balaban J connectivity index is 2.34. The van der Waals surface area contributed by atoms with Crippen molar-refractivity contribution in [3.8, 4) is 5.75 Å². The summed E-state index contributed by atoms with van der Waals surface area (Å²) in [5.41, 5.74) is 1.93. The van der Waals surface area contributed by atoms with Crippen LogP contribution in [0.5, 0.6) is 5.75 Å². The van der Waals surface area contributed by atoms with Crippen molar-refractivity contribution in [1.82, 2.24) is 0 Å². The van der Waals surface area contributed by atoms with Gasteiger partial charge in [-0.25, -0.2) is 4.99 Å². The van der Waals surface area contributed by atoms with Crippen LogP contribution in [0.4, 0.5) is 11.4 Å². The van der Waals surface area contributed by atoms with E-state index in [0.29, 0.717) is 0 Å². The Hall–Kier alpha value is -1.52. The Morgan fingerprint density at radius 2 is 1.95 bits per heavy atom. The molecule has 98 valence electrons. The van der Waals surface area contributed by atoms with E-state index in [1.54, 1.807) is 18.2 Å². The molecule has 0 aromatic heterocycles. The smallest absolute Gasteiger partial charge is 0.116 e. The van der Waals surface area contributed by atoms with E-state index in [-0.39, 0.29) is 5.75 Å². The Bertz CT molecular complexity index is 787. The first-order valence-corrected chi connectivity index (χ1v) is 7.88. The van der Waals surface area contributed by atoms with Crippen LogP contribution in [0.25, 0.3) is 0 Å². The number of rotatable bonds is 1. The fourth-order valence-electron chi connectivity index (χ4n) is 2.00. The largest absolute Gasteiger partial charge is 0.508 e. The van der Waals surface area contributed by atoms with Crippen molar-refractivity contribution in [2.75, 3.05) is 19.0 Å². The molecule has 1 heterocycles. The average molecular weight is 293 g/mol. The number of anilines is 1. The summed E-state index contributed by atoms with van der Waals surface area (Å²) in [4.78, 5) is 7.51. The molecule has 2 aromatic carbocycles. The standard InChI is InChI=1S/C14H13ClN2OS/c1-17(2)9-3-5-11-13(7-9)19(15)14-8-10(18)4-6-12(14)16-11/h3-8,18H,1-2H3. The molecule has 1 aliphatic rings. The molecule has 0 amide bonds. The van der Waals surface area contributed by atoms with Gasteiger partial charge in [0, 0.05) is 29.2 Å². The lowest BCUT2D eigenvalue weighted by Gasteiger charge is -2.15. The number of phenolic OH excluding ortho intramolecular Hbond substituents is 1. The zero-order valence-corrected chi connectivity index (χ0v) is 12.2. The van der Waals surface area contributed by atoms with Gasteiger partial charge in [0.15, 0.2) is 0 Å². The summed E-state index contributed by atoms with van der Waals surface area (Å²) in [6.07, 6.45) is 0. The third kappa shape index (κ3) is 2.11. The molecule has 0 spiro atoms. The topological polar surface area (TPSA) is 35.8 Å². The summed E-state index contributed by atoms with van der Waals surface area (Å²) in [5, 5.41) is 10.5. The zero-order valence-electron chi connectivity index (χ0n) is 10.6. The summed E-state index contributed by atoms with van der Waals surface area (Å²) in [6, 6.07) is 11.2. The minimum atomic E-state index is -0.585. The van der Waals surface area contributed by atoms with Crippen LogP contribution >= 0.6 is 20.4 Å². The first-order chi connectivity index (χ1) is 9.06. The average Bonchev–Trinajstić information content (AvgIpc) is 2.39. The fourth-order valence-corrected chi connectivity index (χ4v) is 4.03. The summed E-state index contributed by atoms with van der Waals surface area (Å²) >= 11 is 0. The van der Waals surface area contributed by atoms with Gasteiger partial charge in [-0.05, 0) is 47.1 Å². The fraction of sp³-hybridized carbons (Fsp3) is 0.143. The van der Waals surface area contributed by atoms with Crippen LogP contribution < -0.4 is 10.3 Å². The first kappa shape index (κ1) is 12.5. The molecule has 1 atom stereocenters.